The highest BCUT2D eigenvalue weighted by atomic mass is 19.1. The van der Waals surface area contributed by atoms with Gasteiger partial charge in [0.05, 0.1) is 6.10 Å². The van der Waals surface area contributed by atoms with Gasteiger partial charge in [-0.2, -0.15) is 0 Å². The summed E-state index contributed by atoms with van der Waals surface area (Å²) >= 11 is 0. The molecule has 1 atom stereocenters. The number of aliphatic hydroxyl groups excluding tert-OH is 1. The Labute approximate surface area is 110 Å². The van der Waals surface area contributed by atoms with E-state index in [0.717, 1.165) is 5.82 Å². The Balaban J connectivity index is 2.08. The molecule has 0 unspecified atom stereocenters. The van der Waals surface area contributed by atoms with E-state index in [9.17, 15) is 9.50 Å². The lowest BCUT2D eigenvalue weighted by molar-refractivity contribution is 0.193. The molecule has 0 fully saturated rings. The standard InChI is InChI=1S/C13H16FN3O2/c1-8(18)11-5-4-10(6-12(11)14)19-7-13-16-15-9(2)17(13)3/h4-6,8,18H,7H2,1-3H3/t8-/m1/s1. The molecule has 2 aromatic rings. The number of benzene rings is 1. The van der Waals surface area contributed by atoms with Crippen LogP contribution in [0.1, 0.15) is 30.2 Å². The van der Waals surface area contributed by atoms with Crippen LogP contribution in [0, 0.1) is 12.7 Å². The number of aliphatic hydroxyl groups is 1. The van der Waals surface area contributed by atoms with Crippen LogP contribution in [0.5, 0.6) is 5.75 Å². The Morgan fingerprint density at radius 3 is 2.68 bits per heavy atom. The SMILES string of the molecule is Cc1nnc(COc2ccc([C@@H](C)O)c(F)c2)n1C. The van der Waals surface area contributed by atoms with Crippen molar-refractivity contribution in [3.63, 3.8) is 0 Å². The van der Waals surface area contributed by atoms with Gasteiger partial charge in [-0.1, -0.05) is 0 Å². The van der Waals surface area contributed by atoms with Crippen LogP contribution in [-0.4, -0.2) is 19.9 Å². The van der Waals surface area contributed by atoms with Crippen molar-refractivity contribution < 1.29 is 14.2 Å². The summed E-state index contributed by atoms with van der Waals surface area (Å²) in [6, 6.07) is 4.39. The minimum atomic E-state index is -0.838. The van der Waals surface area contributed by atoms with Gasteiger partial charge < -0.3 is 14.4 Å². The molecule has 6 heteroatoms. The molecule has 102 valence electrons. The molecule has 0 aliphatic rings. The first-order chi connectivity index (χ1) is 8.99. The lowest BCUT2D eigenvalue weighted by atomic mass is 10.1. The molecule has 1 N–H and O–H groups in total. The molecule has 0 aliphatic carbocycles. The molecule has 1 aromatic heterocycles. The minimum Gasteiger partial charge on any atom is -0.486 e. The van der Waals surface area contributed by atoms with E-state index in [-0.39, 0.29) is 12.2 Å². The van der Waals surface area contributed by atoms with E-state index >= 15 is 0 Å². The first-order valence-corrected chi connectivity index (χ1v) is 5.94. The molecule has 1 aromatic carbocycles. The number of hydrogen-bond acceptors (Lipinski definition) is 4. The van der Waals surface area contributed by atoms with Gasteiger partial charge in [0.2, 0.25) is 0 Å². The van der Waals surface area contributed by atoms with Gasteiger partial charge in [0.1, 0.15) is 24.0 Å². The predicted molar refractivity (Wildman–Crippen MR) is 67.1 cm³/mol. The first-order valence-electron chi connectivity index (χ1n) is 5.94. The molecule has 1 heterocycles. The zero-order valence-corrected chi connectivity index (χ0v) is 11.1. The minimum absolute atomic E-state index is 0.213. The van der Waals surface area contributed by atoms with Crippen molar-refractivity contribution in [1.82, 2.24) is 14.8 Å². The molecular weight excluding hydrogens is 249 g/mol. The smallest absolute Gasteiger partial charge is 0.170 e. The molecule has 5 nitrogen and oxygen atoms in total. The summed E-state index contributed by atoms with van der Waals surface area (Å²) in [6.07, 6.45) is -0.838. The van der Waals surface area contributed by atoms with Crippen molar-refractivity contribution in [2.45, 2.75) is 26.6 Å². The summed E-state index contributed by atoms with van der Waals surface area (Å²) in [6.45, 7) is 3.57. The van der Waals surface area contributed by atoms with E-state index in [1.165, 1.54) is 19.1 Å². The maximum absolute atomic E-state index is 13.6. The fourth-order valence-electron chi connectivity index (χ4n) is 1.66. The molecular formula is C13H16FN3O2. The van der Waals surface area contributed by atoms with Gasteiger partial charge in [-0.3, -0.25) is 0 Å². The van der Waals surface area contributed by atoms with Crippen molar-refractivity contribution in [3.8, 4) is 5.75 Å². The third-order valence-electron chi connectivity index (χ3n) is 2.97. The van der Waals surface area contributed by atoms with E-state index in [4.69, 9.17) is 4.74 Å². The Hall–Kier alpha value is -1.95. The van der Waals surface area contributed by atoms with Crippen LogP contribution in [-0.2, 0) is 13.7 Å². The topological polar surface area (TPSA) is 60.2 Å². The van der Waals surface area contributed by atoms with Crippen LogP contribution in [0.15, 0.2) is 18.2 Å². The average Bonchev–Trinajstić information content (AvgIpc) is 2.67. The van der Waals surface area contributed by atoms with Crippen LogP contribution < -0.4 is 4.74 Å². The molecule has 0 aliphatic heterocycles. The zero-order valence-electron chi connectivity index (χ0n) is 11.1. The summed E-state index contributed by atoms with van der Waals surface area (Å²) in [5, 5.41) is 17.2. The second-order valence-electron chi connectivity index (χ2n) is 4.37. The second kappa shape index (κ2) is 5.36. The maximum Gasteiger partial charge on any atom is 0.170 e. The number of hydrogen-bond donors (Lipinski definition) is 1. The highest BCUT2D eigenvalue weighted by Gasteiger charge is 2.10. The van der Waals surface area contributed by atoms with Crippen LogP contribution in [0.25, 0.3) is 0 Å². The second-order valence-corrected chi connectivity index (χ2v) is 4.37. The number of aryl methyl sites for hydroxylation is 1. The maximum atomic E-state index is 13.6. The monoisotopic (exact) mass is 265 g/mol. The van der Waals surface area contributed by atoms with Gasteiger partial charge >= 0.3 is 0 Å². The average molecular weight is 265 g/mol. The van der Waals surface area contributed by atoms with E-state index < -0.39 is 11.9 Å². The normalized spacial score (nSPS) is 12.5. The molecule has 0 spiro atoms. The molecule has 0 bridgehead atoms. The fraction of sp³-hybridized carbons (Fsp3) is 0.385. The fourth-order valence-corrected chi connectivity index (χ4v) is 1.66. The highest BCUT2D eigenvalue weighted by Crippen LogP contribution is 2.22. The number of aromatic nitrogens is 3. The van der Waals surface area contributed by atoms with Gasteiger partial charge in [-0.25, -0.2) is 4.39 Å². The Morgan fingerprint density at radius 2 is 2.16 bits per heavy atom. The van der Waals surface area contributed by atoms with Crippen molar-refractivity contribution in [2.75, 3.05) is 0 Å². The number of rotatable bonds is 4. The summed E-state index contributed by atoms with van der Waals surface area (Å²) in [5.41, 5.74) is 0.252. The lowest BCUT2D eigenvalue weighted by Gasteiger charge is -2.09. The molecule has 0 saturated carbocycles. The number of nitrogens with zero attached hydrogens (tertiary/aromatic N) is 3. The van der Waals surface area contributed by atoms with Crippen LogP contribution in [0.4, 0.5) is 4.39 Å². The van der Waals surface area contributed by atoms with E-state index in [2.05, 4.69) is 10.2 Å². The molecule has 0 saturated heterocycles. The summed E-state index contributed by atoms with van der Waals surface area (Å²) in [7, 11) is 1.84. The largest absolute Gasteiger partial charge is 0.486 e. The lowest BCUT2D eigenvalue weighted by Crippen LogP contribution is -2.05. The number of ether oxygens (including phenoxy) is 1. The molecule has 2 rings (SSSR count). The van der Waals surface area contributed by atoms with Gasteiger partial charge in [0.25, 0.3) is 0 Å². The number of halogens is 1. The summed E-state index contributed by atoms with van der Waals surface area (Å²) in [4.78, 5) is 0. The Morgan fingerprint density at radius 1 is 1.42 bits per heavy atom. The molecule has 0 radical (unpaired) electrons. The van der Waals surface area contributed by atoms with E-state index in [1.54, 1.807) is 10.6 Å². The van der Waals surface area contributed by atoms with Gasteiger partial charge in [0, 0.05) is 18.7 Å². The third-order valence-corrected chi connectivity index (χ3v) is 2.97. The van der Waals surface area contributed by atoms with E-state index in [1.807, 2.05) is 14.0 Å². The summed E-state index contributed by atoms with van der Waals surface area (Å²) < 4.78 is 20.9. The summed E-state index contributed by atoms with van der Waals surface area (Å²) in [5.74, 6) is 1.36. The molecule has 19 heavy (non-hydrogen) atoms. The zero-order chi connectivity index (χ0) is 14.0. The van der Waals surface area contributed by atoms with Crippen molar-refractivity contribution in [3.05, 3.63) is 41.2 Å². The Kier molecular flexibility index (Phi) is 3.80. The van der Waals surface area contributed by atoms with Crippen molar-refractivity contribution in [1.29, 1.82) is 0 Å². The van der Waals surface area contributed by atoms with Crippen molar-refractivity contribution in [2.24, 2.45) is 7.05 Å². The van der Waals surface area contributed by atoms with Gasteiger partial charge in [-0.15, -0.1) is 10.2 Å². The Bertz CT molecular complexity index is 581. The van der Waals surface area contributed by atoms with E-state index in [0.29, 0.717) is 11.6 Å². The van der Waals surface area contributed by atoms with Crippen molar-refractivity contribution >= 4 is 0 Å². The van der Waals surface area contributed by atoms with Gasteiger partial charge in [0.15, 0.2) is 5.82 Å². The van der Waals surface area contributed by atoms with Crippen LogP contribution in [0.3, 0.4) is 0 Å². The third kappa shape index (κ3) is 2.90. The highest BCUT2D eigenvalue weighted by molar-refractivity contribution is 5.30. The predicted octanol–water partition coefficient (Wildman–Crippen LogP) is 1.89. The first kappa shape index (κ1) is 13.5. The van der Waals surface area contributed by atoms with Gasteiger partial charge in [-0.05, 0) is 26.0 Å². The van der Waals surface area contributed by atoms with Crippen LogP contribution >= 0.6 is 0 Å². The molecule has 0 amide bonds. The van der Waals surface area contributed by atoms with Crippen LogP contribution in [0.2, 0.25) is 0 Å². The quantitative estimate of drug-likeness (QED) is 0.917.